The Morgan fingerprint density at radius 1 is 1.20 bits per heavy atom. The van der Waals surface area contributed by atoms with Crippen LogP contribution in [0.25, 0.3) is 22.6 Å². The molecule has 2 atom stereocenters. The summed E-state index contributed by atoms with van der Waals surface area (Å²) in [4.78, 5) is 31.2. The van der Waals surface area contributed by atoms with E-state index in [0.29, 0.717) is 22.9 Å². The van der Waals surface area contributed by atoms with E-state index >= 15 is 0 Å². The van der Waals surface area contributed by atoms with Crippen molar-refractivity contribution in [2.45, 2.75) is 58.6 Å². The Bertz CT molecular complexity index is 1330. The van der Waals surface area contributed by atoms with Crippen molar-refractivity contribution >= 4 is 34.4 Å². The second-order valence-electron chi connectivity index (χ2n) is 9.38. The van der Waals surface area contributed by atoms with Gasteiger partial charge in [-0.1, -0.05) is 32.0 Å². The molecular formula is C28H29N3O4. The number of furan rings is 1. The van der Waals surface area contributed by atoms with Crippen molar-refractivity contribution < 1.29 is 18.7 Å². The van der Waals surface area contributed by atoms with Crippen LogP contribution in [0.15, 0.2) is 47.1 Å². The van der Waals surface area contributed by atoms with Crippen LogP contribution >= 0.6 is 0 Å². The summed E-state index contributed by atoms with van der Waals surface area (Å²) in [6.07, 6.45) is 4.85. The number of aromatic nitrogens is 1. The lowest BCUT2D eigenvalue weighted by Crippen LogP contribution is -2.52. The third-order valence-electron chi connectivity index (χ3n) is 6.66. The van der Waals surface area contributed by atoms with Crippen LogP contribution < -0.4 is 5.32 Å². The van der Waals surface area contributed by atoms with Gasteiger partial charge in [0.15, 0.2) is 6.10 Å². The number of nitriles is 1. The Morgan fingerprint density at radius 3 is 2.66 bits per heavy atom. The third kappa shape index (κ3) is 4.83. The van der Waals surface area contributed by atoms with Gasteiger partial charge in [0.05, 0.1) is 29.1 Å². The molecule has 0 fully saturated rings. The number of carbonyl (C=O) groups excluding carboxylic acids is 2. The summed E-state index contributed by atoms with van der Waals surface area (Å²) in [5, 5.41) is 12.9. The van der Waals surface area contributed by atoms with Gasteiger partial charge < -0.3 is 14.5 Å². The molecule has 7 heteroatoms. The summed E-state index contributed by atoms with van der Waals surface area (Å²) < 4.78 is 11.2. The Morgan fingerprint density at radius 2 is 1.97 bits per heavy atom. The molecule has 0 bridgehead atoms. The maximum atomic E-state index is 13.5. The molecule has 1 amide bonds. The summed E-state index contributed by atoms with van der Waals surface area (Å²) in [6.45, 7) is 6.87. The predicted molar refractivity (Wildman–Crippen MR) is 133 cm³/mol. The summed E-state index contributed by atoms with van der Waals surface area (Å²) in [5.74, 6) is -0.482. The molecule has 0 radical (unpaired) electrons. The van der Waals surface area contributed by atoms with Crippen LogP contribution in [0, 0.1) is 17.2 Å². The minimum atomic E-state index is -1.07. The fourth-order valence-electron chi connectivity index (χ4n) is 4.19. The van der Waals surface area contributed by atoms with Crippen molar-refractivity contribution in [3.8, 4) is 6.07 Å². The summed E-state index contributed by atoms with van der Waals surface area (Å²) >= 11 is 0. The molecule has 2 unspecified atom stereocenters. The largest absolute Gasteiger partial charge is 0.465 e. The molecular weight excluding hydrogens is 442 g/mol. The number of esters is 1. The summed E-state index contributed by atoms with van der Waals surface area (Å²) in [7, 11) is 0. The molecule has 1 aromatic carbocycles. The van der Waals surface area contributed by atoms with E-state index in [0.717, 1.165) is 35.4 Å². The van der Waals surface area contributed by atoms with Crippen LogP contribution in [-0.2, 0) is 16.0 Å². The molecule has 180 valence electrons. The molecule has 2 heterocycles. The van der Waals surface area contributed by atoms with E-state index in [9.17, 15) is 14.9 Å². The average molecular weight is 472 g/mol. The molecule has 1 aliphatic rings. The lowest BCUT2D eigenvalue weighted by atomic mass is 9.86. The zero-order valence-electron chi connectivity index (χ0n) is 20.4. The highest BCUT2D eigenvalue weighted by Crippen LogP contribution is 2.36. The van der Waals surface area contributed by atoms with Gasteiger partial charge in [0.2, 0.25) is 0 Å². The molecule has 1 aliphatic carbocycles. The highest BCUT2D eigenvalue weighted by atomic mass is 16.5. The first kappa shape index (κ1) is 24.2. The molecule has 2 aromatic heterocycles. The number of nitrogens with one attached hydrogen (secondary N) is 1. The lowest BCUT2D eigenvalue weighted by molar-refractivity contribution is -0.130. The van der Waals surface area contributed by atoms with E-state index in [1.54, 1.807) is 13.2 Å². The first-order chi connectivity index (χ1) is 16.7. The monoisotopic (exact) mass is 471 g/mol. The van der Waals surface area contributed by atoms with Crippen LogP contribution in [-0.4, -0.2) is 28.5 Å². The number of benzene rings is 1. The fraction of sp³-hybridized carbons (Fsp3) is 0.357. The van der Waals surface area contributed by atoms with Crippen molar-refractivity contribution in [1.29, 1.82) is 5.26 Å². The minimum absolute atomic E-state index is 0.116. The lowest BCUT2D eigenvalue weighted by Gasteiger charge is -2.29. The number of rotatable bonds is 6. The highest BCUT2D eigenvalue weighted by Gasteiger charge is 2.33. The molecule has 3 aromatic rings. The molecule has 1 N–H and O–H groups in total. The third-order valence-corrected chi connectivity index (χ3v) is 6.66. The average Bonchev–Trinajstić information content (AvgIpc) is 3.35. The number of ether oxygens (including phenoxy) is 1. The molecule has 35 heavy (non-hydrogen) atoms. The zero-order chi connectivity index (χ0) is 25.2. The van der Waals surface area contributed by atoms with Gasteiger partial charge in [-0.25, -0.2) is 9.78 Å². The van der Waals surface area contributed by atoms with Crippen molar-refractivity contribution in [3.05, 3.63) is 65.2 Å². The number of carbonyl (C=O) groups is 2. The van der Waals surface area contributed by atoms with E-state index < -0.39 is 23.5 Å². The van der Waals surface area contributed by atoms with Crippen molar-refractivity contribution in [1.82, 2.24) is 10.3 Å². The minimum Gasteiger partial charge on any atom is -0.465 e. The Kier molecular flexibility index (Phi) is 6.74. The smallest absolute Gasteiger partial charge is 0.339 e. The molecule has 7 nitrogen and oxygen atoms in total. The van der Waals surface area contributed by atoms with Crippen LogP contribution in [0.5, 0.6) is 0 Å². The zero-order valence-corrected chi connectivity index (χ0v) is 20.4. The van der Waals surface area contributed by atoms with Crippen LogP contribution in [0.3, 0.4) is 0 Å². The molecule has 0 spiro atoms. The number of pyridine rings is 1. The van der Waals surface area contributed by atoms with E-state index in [-0.39, 0.29) is 5.92 Å². The molecule has 0 saturated heterocycles. The molecule has 0 aliphatic heterocycles. The number of allylic oxidation sites excluding steroid dienone is 1. The van der Waals surface area contributed by atoms with E-state index in [1.807, 2.05) is 56.3 Å². The van der Waals surface area contributed by atoms with Gasteiger partial charge in [-0.2, -0.15) is 5.26 Å². The quantitative estimate of drug-likeness (QED) is 0.489. The van der Waals surface area contributed by atoms with Crippen LogP contribution in [0.4, 0.5) is 0 Å². The van der Waals surface area contributed by atoms with Gasteiger partial charge in [0.25, 0.3) is 5.91 Å². The summed E-state index contributed by atoms with van der Waals surface area (Å²) in [5.41, 5.74) is 2.61. The Labute approximate surface area is 204 Å². The van der Waals surface area contributed by atoms with E-state index in [4.69, 9.17) is 14.1 Å². The first-order valence-corrected chi connectivity index (χ1v) is 11.8. The fourth-order valence-corrected chi connectivity index (χ4v) is 4.19. The Balaban J connectivity index is 1.70. The van der Waals surface area contributed by atoms with Gasteiger partial charge in [0.1, 0.15) is 11.3 Å². The SMILES string of the molecule is CC(OC(=O)c1c2c(nc3ccccc13)/C(=C\c1ccco1)CCC2)C(=O)NC(C)(C#N)C(C)C. The van der Waals surface area contributed by atoms with Crippen LogP contribution in [0.2, 0.25) is 0 Å². The number of hydrogen-bond donors (Lipinski definition) is 1. The Hall–Kier alpha value is -3.92. The highest BCUT2D eigenvalue weighted by molar-refractivity contribution is 6.07. The second-order valence-corrected chi connectivity index (χ2v) is 9.38. The van der Waals surface area contributed by atoms with Crippen molar-refractivity contribution in [2.24, 2.45) is 5.92 Å². The van der Waals surface area contributed by atoms with Gasteiger partial charge in [-0.15, -0.1) is 0 Å². The van der Waals surface area contributed by atoms with Crippen LogP contribution in [0.1, 0.15) is 67.9 Å². The second kappa shape index (κ2) is 9.75. The predicted octanol–water partition coefficient (Wildman–Crippen LogP) is 5.30. The topological polar surface area (TPSA) is 105 Å². The van der Waals surface area contributed by atoms with Crippen molar-refractivity contribution in [3.63, 3.8) is 0 Å². The molecule has 4 rings (SSSR count). The molecule has 0 saturated carbocycles. The normalized spacial score (nSPS) is 16.9. The maximum absolute atomic E-state index is 13.5. The van der Waals surface area contributed by atoms with Gasteiger partial charge in [0, 0.05) is 5.39 Å². The maximum Gasteiger partial charge on any atom is 0.339 e. The number of fused-ring (bicyclic) bond motifs is 2. The number of nitrogens with zero attached hydrogens (tertiary/aromatic N) is 2. The number of para-hydroxylation sites is 1. The van der Waals surface area contributed by atoms with E-state index in [2.05, 4.69) is 11.4 Å². The standard InChI is InChI=1S/C28H29N3O4/c1-17(2)28(4,16-29)31-26(32)18(3)35-27(33)24-21-11-5-6-13-23(21)30-25-19(9-7-12-22(24)25)15-20-10-8-14-34-20/h5-6,8,10-11,13-15,17-18H,7,9,12H2,1-4H3,(H,31,32)/b19-15-. The number of amides is 1. The van der Waals surface area contributed by atoms with Crippen molar-refractivity contribution in [2.75, 3.05) is 0 Å². The van der Waals surface area contributed by atoms with E-state index in [1.165, 1.54) is 6.92 Å². The van der Waals surface area contributed by atoms with Gasteiger partial charge in [-0.05, 0) is 74.4 Å². The summed E-state index contributed by atoms with van der Waals surface area (Å²) in [6, 6.07) is 13.3. The first-order valence-electron chi connectivity index (χ1n) is 11.8. The van der Waals surface area contributed by atoms with Gasteiger partial charge >= 0.3 is 5.97 Å². The number of hydrogen-bond acceptors (Lipinski definition) is 6. The van der Waals surface area contributed by atoms with Gasteiger partial charge in [-0.3, -0.25) is 4.79 Å².